The zero-order valence-corrected chi connectivity index (χ0v) is 19.5. The fourth-order valence-corrected chi connectivity index (χ4v) is 3.58. The highest BCUT2D eigenvalue weighted by Crippen LogP contribution is 2.34. The van der Waals surface area contributed by atoms with Crippen LogP contribution in [-0.4, -0.2) is 41.9 Å². The van der Waals surface area contributed by atoms with Crippen molar-refractivity contribution in [1.82, 2.24) is 15.0 Å². The summed E-state index contributed by atoms with van der Waals surface area (Å²) in [5.74, 6) is 2.01. The fourth-order valence-electron chi connectivity index (χ4n) is 3.58. The van der Waals surface area contributed by atoms with Crippen LogP contribution in [0, 0.1) is 0 Å². The number of H-pyrrole nitrogens is 1. The second-order valence-electron chi connectivity index (χ2n) is 7.92. The van der Waals surface area contributed by atoms with Crippen LogP contribution in [0.3, 0.4) is 0 Å². The van der Waals surface area contributed by atoms with Gasteiger partial charge in [-0.05, 0) is 48.9 Å². The van der Waals surface area contributed by atoms with Crippen molar-refractivity contribution in [1.29, 1.82) is 0 Å². The number of benzene rings is 1. The number of ether oxygens (including phenoxy) is 3. The monoisotopic (exact) mass is 460 g/mol. The lowest BCUT2D eigenvalue weighted by molar-refractivity contribution is 0.133. The summed E-state index contributed by atoms with van der Waals surface area (Å²) in [4.78, 5) is 23.4. The maximum atomic E-state index is 11.3. The summed E-state index contributed by atoms with van der Waals surface area (Å²) >= 11 is 0. The number of rotatable bonds is 10. The van der Waals surface area contributed by atoms with E-state index in [9.17, 15) is 4.79 Å². The number of nitrogens with one attached hydrogen (secondary N) is 2. The Labute approximate surface area is 197 Å². The van der Waals surface area contributed by atoms with E-state index in [0.29, 0.717) is 30.5 Å². The summed E-state index contributed by atoms with van der Waals surface area (Å²) in [6.45, 7) is 3.14. The van der Waals surface area contributed by atoms with Gasteiger partial charge < -0.3 is 24.5 Å². The predicted octanol–water partition coefficient (Wildman–Crippen LogP) is 4.41. The molecule has 0 amide bonds. The first-order chi connectivity index (χ1) is 16.6. The fraction of sp³-hybridized carbons (Fsp3) is 0.269. The summed E-state index contributed by atoms with van der Waals surface area (Å²) < 4.78 is 16.8. The molecule has 1 unspecified atom stereocenters. The van der Waals surface area contributed by atoms with Gasteiger partial charge >= 0.3 is 0 Å². The van der Waals surface area contributed by atoms with Crippen LogP contribution in [0.4, 0.5) is 5.82 Å². The molecule has 0 saturated heterocycles. The molecule has 0 spiro atoms. The normalized spacial score (nSPS) is 11.9. The molecular formula is C26H28N4O4. The predicted molar refractivity (Wildman–Crippen MR) is 132 cm³/mol. The van der Waals surface area contributed by atoms with E-state index in [4.69, 9.17) is 19.2 Å². The molecule has 0 aliphatic carbocycles. The Kier molecular flexibility index (Phi) is 7.39. The van der Waals surface area contributed by atoms with Gasteiger partial charge in [-0.1, -0.05) is 6.07 Å². The highest BCUT2D eigenvalue weighted by molar-refractivity contribution is 5.92. The average Bonchev–Trinajstić information content (AvgIpc) is 2.87. The molecule has 0 radical (unpaired) electrons. The number of hydrogen-bond donors (Lipinski definition) is 2. The van der Waals surface area contributed by atoms with Gasteiger partial charge in [0.2, 0.25) is 5.56 Å². The van der Waals surface area contributed by atoms with Crippen LogP contribution in [0.15, 0.2) is 65.7 Å². The van der Waals surface area contributed by atoms with Gasteiger partial charge in [-0.15, -0.1) is 0 Å². The van der Waals surface area contributed by atoms with E-state index in [1.807, 2.05) is 43.3 Å². The molecule has 1 atom stereocenters. The van der Waals surface area contributed by atoms with Gasteiger partial charge in [0.15, 0.2) is 11.5 Å². The van der Waals surface area contributed by atoms with Crippen LogP contribution >= 0.6 is 0 Å². The molecule has 176 valence electrons. The SMILES string of the molecule is COCCC(C)Oc1ccc(-c2cc3ncccc3c(NCc3ccc(=O)[nH]c3)n2)cc1OC. The summed E-state index contributed by atoms with van der Waals surface area (Å²) in [6, 6.07) is 14.9. The number of nitrogens with zero attached hydrogens (tertiary/aromatic N) is 2. The lowest BCUT2D eigenvalue weighted by atomic mass is 10.1. The Morgan fingerprint density at radius 3 is 2.74 bits per heavy atom. The second-order valence-corrected chi connectivity index (χ2v) is 7.92. The summed E-state index contributed by atoms with van der Waals surface area (Å²) in [5.41, 5.74) is 3.27. The van der Waals surface area contributed by atoms with Crippen molar-refractivity contribution in [3.05, 3.63) is 76.8 Å². The standard InChI is InChI=1S/C26H28N4O4/c1-17(10-12-32-2)34-23-8-7-19(13-24(23)33-3)21-14-22-20(5-4-11-27-22)26(30-21)29-16-18-6-9-25(31)28-15-18/h4-9,11,13-15,17H,10,12,16H2,1-3H3,(H,28,31)(H,29,30). The summed E-state index contributed by atoms with van der Waals surface area (Å²) in [6.07, 6.45) is 4.23. The minimum absolute atomic E-state index is 0.00794. The molecular weight excluding hydrogens is 432 g/mol. The number of pyridine rings is 3. The highest BCUT2D eigenvalue weighted by atomic mass is 16.5. The van der Waals surface area contributed by atoms with Crippen LogP contribution in [0.1, 0.15) is 18.9 Å². The topological polar surface area (TPSA) is 98.4 Å². The minimum Gasteiger partial charge on any atom is -0.493 e. The quantitative estimate of drug-likeness (QED) is 0.362. The molecule has 4 aromatic rings. The number of aromatic nitrogens is 3. The zero-order chi connectivity index (χ0) is 23.9. The lowest BCUT2D eigenvalue weighted by Gasteiger charge is -2.17. The highest BCUT2D eigenvalue weighted by Gasteiger charge is 2.14. The van der Waals surface area contributed by atoms with Crippen LogP contribution in [-0.2, 0) is 11.3 Å². The molecule has 0 bridgehead atoms. The van der Waals surface area contributed by atoms with Crippen molar-refractivity contribution in [3.63, 3.8) is 0 Å². The second kappa shape index (κ2) is 10.8. The minimum atomic E-state index is -0.131. The van der Waals surface area contributed by atoms with E-state index in [1.54, 1.807) is 32.7 Å². The van der Waals surface area contributed by atoms with Crippen molar-refractivity contribution in [3.8, 4) is 22.8 Å². The van der Waals surface area contributed by atoms with Gasteiger partial charge in [0, 0.05) is 56.1 Å². The van der Waals surface area contributed by atoms with Crippen LogP contribution < -0.4 is 20.3 Å². The van der Waals surface area contributed by atoms with Crippen molar-refractivity contribution in [2.75, 3.05) is 26.1 Å². The first kappa shape index (κ1) is 23.3. The van der Waals surface area contributed by atoms with Gasteiger partial charge in [-0.2, -0.15) is 0 Å². The zero-order valence-electron chi connectivity index (χ0n) is 19.5. The third-order valence-corrected chi connectivity index (χ3v) is 5.42. The Morgan fingerprint density at radius 1 is 1.09 bits per heavy atom. The number of aromatic amines is 1. The molecule has 0 saturated carbocycles. The van der Waals surface area contributed by atoms with Gasteiger partial charge in [-0.25, -0.2) is 4.98 Å². The van der Waals surface area contributed by atoms with E-state index in [2.05, 4.69) is 15.3 Å². The van der Waals surface area contributed by atoms with Gasteiger partial charge in [-0.3, -0.25) is 9.78 Å². The Balaban J connectivity index is 1.64. The number of anilines is 1. The smallest absolute Gasteiger partial charge is 0.247 e. The van der Waals surface area contributed by atoms with Crippen LogP contribution in [0.2, 0.25) is 0 Å². The van der Waals surface area contributed by atoms with Crippen LogP contribution in [0.25, 0.3) is 22.2 Å². The molecule has 1 aromatic carbocycles. The van der Waals surface area contributed by atoms with Crippen molar-refractivity contribution < 1.29 is 14.2 Å². The Hall–Kier alpha value is -3.91. The van der Waals surface area contributed by atoms with E-state index in [0.717, 1.165) is 34.1 Å². The molecule has 4 rings (SSSR count). The number of fused-ring (bicyclic) bond motifs is 1. The Bertz CT molecular complexity index is 1300. The van der Waals surface area contributed by atoms with Crippen molar-refractivity contribution in [2.24, 2.45) is 0 Å². The molecule has 2 N–H and O–H groups in total. The van der Waals surface area contributed by atoms with E-state index in [1.165, 1.54) is 6.07 Å². The first-order valence-electron chi connectivity index (χ1n) is 11.1. The molecule has 8 nitrogen and oxygen atoms in total. The third-order valence-electron chi connectivity index (χ3n) is 5.42. The maximum absolute atomic E-state index is 11.3. The van der Waals surface area contributed by atoms with E-state index >= 15 is 0 Å². The van der Waals surface area contributed by atoms with Gasteiger partial charge in [0.1, 0.15) is 5.82 Å². The molecule has 0 fully saturated rings. The molecule has 8 heteroatoms. The van der Waals surface area contributed by atoms with E-state index in [-0.39, 0.29) is 11.7 Å². The maximum Gasteiger partial charge on any atom is 0.247 e. The van der Waals surface area contributed by atoms with E-state index < -0.39 is 0 Å². The average molecular weight is 461 g/mol. The molecule has 0 aliphatic rings. The van der Waals surface area contributed by atoms with Gasteiger partial charge in [0.05, 0.1) is 24.4 Å². The third kappa shape index (κ3) is 5.52. The number of methoxy groups -OCH3 is 2. The van der Waals surface area contributed by atoms with Crippen LogP contribution in [0.5, 0.6) is 11.5 Å². The lowest BCUT2D eigenvalue weighted by Crippen LogP contribution is -2.14. The molecule has 3 aromatic heterocycles. The summed E-state index contributed by atoms with van der Waals surface area (Å²) in [7, 11) is 3.30. The van der Waals surface area contributed by atoms with Crippen molar-refractivity contribution >= 4 is 16.7 Å². The largest absolute Gasteiger partial charge is 0.493 e. The summed E-state index contributed by atoms with van der Waals surface area (Å²) in [5, 5.41) is 4.29. The number of hydrogen-bond acceptors (Lipinski definition) is 7. The molecule has 0 aliphatic heterocycles. The van der Waals surface area contributed by atoms with Crippen molar-refractivity contribution in [2.45, 2.75) is 26.0 Å². The van der Waals surface area contributed by atoms with Gasteiger partial charge in [0.25, 0.3) is 0 Å². The Morgan fingerprint density at radius 2 is 1.97 bits per heavy atom. The molecule has 3 heterocycles. The first-order valence-corrected chi connectivity index (χ1v) is 11.1. The molecule has 34 heavy (non-hydrogen) atoms.